The minimum absolute atomic E-state index is 0.125. The van der Waals surface area contributed by atoms with Gasteiger partial charge in [0.05, 0.1) is 41.7 Å². The molecule has 0 bridgehead atoms. The Bertz CT molecular complexity index is 1700. The Morgan fingerprint density at radius 1 is 1.05 bits per heavy atom. The molecule has 1 atom stereocenters. The number of unbranched alkanes of at least 4 members (excludes halogenated alkanes) is 2. The number of esters is 2. The van der Waals surface area contributed by atoms with Gasteiger partial charge in [-0.05, 0) is 67.7 Å². The van der Waals surface area contributed by atoms with Crippen LogP contribution in [0.1, 0.15) is 78.0 Å². The molecule has 44 heavy (non-hydrogen) atoms. The summed E-state index contributed by atoms with van der Waals surface area (Å²) in [5, 5.41) is 0. The molecule has 0 spiro atoms. The third-order valence-corrected chi connectivity index (χ3v) is 7.80. The highest BCUT2D eigenvalue weighted by atomic mass is 32.1. The van der Waals surface area contributed by atoms with Gasteiger partial charge in [-0.15, -0.1) is 0 Å². The van der Waals surface area contributed by atoms with Gasteiger partial charge in [-0.2, -0.15) is 0 Å². The van der Waals surface area contributed by atoms with E-state index in [0.29, 0.717) is 39.6 Å². The Hall–Kier alpha value is -4.18. The molecule has 10 heteroatoms. The highest BCUT2D eigenvalue weighted by Gasteiger charge is 2.34. The molecule has 0 radical (unpaired) electrons. The van der Waals surface area contributed by atoms with Gasteiger partial charge in [-0.25, -0.2) is 9.79 Å². The molecule has 1 aliphatic heterocycles. The van der Waals surface area contributed by atoms with Crippen molar-refractivity contribution in [3.63, 3.8) is 0 Å². The quantitative estimate of drug-likeness (QED) is 0.145. The lowest BCUT2D eigenvalue weighted by Crippen LogP contribution is -2.40. The number of hydrogen-bond donors (Lipinski definition) is 0. The summed E-state index contributed by atoms with van der Waals surface area (Å²) in [6.07, 6.45) is 5.08. The molecule has 0 fully saturated rings. The SMILES string of the molecule is CCCCCOc1ccc(/C=c2/sc3n(c2=O)[C@@H](c2ccc(OC(C)=O)c(OCC)c2)C(C(=O)OCC(C)C)=C(C)N=3)cc1. The lowest BCUT2D eigenvalue weighted by atomic mass is 9.95. The van der Waals surface area contributed by atoms with Crippen LogP contribution in [-0.2, 0) is 14.3 Å². The van der Waals surface area contributed by atoms with Crippen molar-refractivity contribution < 1.29 is 28.5 Å². The Kier molecular flexibility index (Phi) is 11.2. The number of thiazole rings is 1. The van der Waals surface area contributed by atoms with Crippen molar-refractivity contribution in [3.8, 4) is 17.2 Å². The van der Waals surface area contributed by atoms with Gasteiger partial charge in [0, 0.05) is 6.92 Å². The first-order valence-corrected chi connectivity index (χ1v) is 15.8. The van der Waals surface area contributed by atoms with Gasteiger partial charge in [0.25, 0.3) is 5.56 Å². The maximum Gasteiger partial charge on any atom is 0.338 e. The normalized spacial score (nSPS) is 14.7. The van der Waals surface area contributed by atoms with Gasteiger partial charge >= 0.3 is 11.9 Å². The number of fused-ring (bicyclic) bond motifs is 1. The van der Waals surface area contributed by atoms with Gasteiger partial charge in [0.1, 0.15) is 5.75 Å². The van der Waals surface area contributed by atoms with Crippen LogP contribution in [0.15, 0.2) is 63.5 Å². The summed E-state index contributed by atoms with van der Waals surface area (Å²) < 4.78 is 24.6. The van der Waals surface area contributed by atoms with Crippen LogP contribution < -0.4 is 29.1 Å². The first-order valence-electron chi connectivity index (χ1n) is 15.0. The predicted octanol–water partition coefficient (Wildman–Crippen LogP) is 5.33. The van der Waals surface area contributed by atoms with Gasteiger partial charge in [0.2, 0.25) is 0 Å². The highest BCUT2D eigenvalue weighted by Crippen LogP contribution is 2.36. The molecule has 2 heterocycles. The number of aromatic nitrogens is 1. The number of carbonyl (C=O) groups excluding carboxylic acids is 2. The maximum absolute atomic E-state index is 14.0. The minimum atomic E-state index is -0.836. The summed E-state index contributed by atoms with van der Waals surface area (Å²) >= 11 is 1.25. The largest absolute Gasteiger partial charge is 0.494 e. The van der Waals surface area contributed by atoms with E-state index in [-0.39, 0.29) is 29.4 Å². The summed E-state index contributed by atoms with van der Waals surface area (Å²) in [6, 6.07) is 11.8. The zero-order valence-electron chi connectivity index (χ0n) is 26.2. The fourth-order valence-corrected chi connectivity index (χ4v) is 5.82. The smallest absolute Gasteiger partial charge is 0.338 e. The summed E-state index contributed by atoms with van der Waals surface area (Å²) in [5.74, 6) is 0.441. The second-order valence-electron chi connectivity index (χ2n) is 10.9. The molecular formula is C34H40N2O7S. The van der Waals surface area contributed by atoms with Gasteiger partial charge in [0.15, 0.2) is 16.3 Å². The van der Waals surface area contributed by atoms with E-state index in [2.05, 4.69) is 11.9 Å². The Morgan fingerprint density at radius 2 is 1.80 bits per heavy atom. The maximum atomic E-state index is 14.0. The molecule has 1 aliphatic rings. The molecule has 0 saturated heterocycles. The summed E-state index contributed by atoms with van der Waals surface area (Å²) in [6.45, 7) is 12.1. The summed E-state index contributed by atoms with van der Waals surface area (Å²) in [5.41, 5.74) is 1.86. The second-order valence-corrected chi connectivity index (χ2v) is 11.9. The minimum Gasteiger partial charge on any atom is -0.494 e. The van der Waals surface area contributed by atoms with Crippen LogP contribution in [0.3, 0.4) is 0 Å². The standard InChI is InChI=1S/C34H40N2O7S/c1-7-9-10-17-41-26-14-11-24(12-15-26)18-29-32(38)36-31(25-13-16-27(43-23(6)37)28(19-25)40-8-2)30(22(5)35-34(36)44-29)33(39)42-20-21(3)4/h11-16,18-19,21,31H,7-10,17,20H2,1-6H3/b29-18+/t31-/m0/s1. The number of rotatable bonds is 13. The number of nitrogens with zero attached hydrogens (tertiary/aromatic N) is 2. The van der Waals surface area contributed by atoms with Crippen molar-refractivity contribution in [2.45, 2.75) is 66.8 Å². The van der Waals surface area contributed by atoms with E-state index in [1.54, 1.807) is 25.1 Å². The van der Waals surface area contributed by atoms with Crippen molar-refractivity contribution in [2.24, 2.45) is 10.9 Å². The van der Waals surface area contributed by atoms with Crippen molar-refractivity contribution >= 4 is 29.4 Å². The summed E-state index contributed by atoms with van der Waals surface area (Å²) in [7, 11) is 0. The van der Waals surface area contributed by atoms with Crippen molar-refractivity contribution in [3.05, 3.63) is 84.5 Å². The average Bonchev–Trinajstić information content (AvgIpc) is 3.28. The zero-order chi connectivity index (χ0) is 31.8. The molecule has 1 aromatic heterocycles. The van der Waals surface area contributed by atoms with Crippen LogP contribution >= 0.6 is 11.3 Å². The molecule has 0 N–H and O–H groups in total. The third kappa shape index (κ3) is 7.85. The van der Waals surface area contributed by atoms with Crippen LogP contribution in [0, 0.1) is 5.92 Å². The van der Waals surface area contributed by atoms with Gasteiger partial charge in [-0.3, -0.25) is 14.2 Å². The van der Waals surface area contributed by atoms with Crippen molar-refractivity contribution in [1.82, 2.24) is 4.57 Å². The molecular weight excluding hydrogens is 580 g/mol. The lowest BCUT2D eigenvalue weighted by Gasteiger charge is -2.25. The number of hydrogen-bond acceptors (Lipinski definition) is 9. The van der Waals surface area contributed by atoms with E-state index in [1.807, 2.05) is 51.1 Å². The van der Waals surface area contributed by atoms with E-state index in [1.165, 1.54) is 22.8 Å². The topological polar surface area (TPSA) is 105 Å². The Labute approximate surface area is 261 Å². The zero-order valence-corrected chi connectivity index (χ0v) is 27.0. The van der Waals surface area contributed by atoms with E-state index < -0.39 is 18.0 Å². The van der Waals surface area contributed by atoms with Crippen LogP contribution in [-0.4, -0.2) is 36.3 Å². The fourth-order valence-electron chi connectivity index (χ4n) is 4.77. The number of carbonyl (C=O) groups is 2. The van der Waals surface area contributed by atoms with E-state index in [0.717, 1.165) is 30.6 Å². The van der Waals surface area contributed by atoms with Crippen molar-refractivity contribution in [2.75, 3.05) is 19.8 Å². The fraction of sp³-hybridized carbons (Fsp3) is 0.412. The number of allylic oxidation sites excluding steroid dienone is 1. The molecule has 0 amide bonds. The molecule has 234 valence electrons. The Balaban J connectivity index is 1.80. The average molecular weight is 621 g/mol. The number of ether oxygens (including phenoxy) is 4. The van der Waals surface area contributed by atoms with E-state index in [9.17, 15) is 14.4 Å². The van der Waals surface area contributed by atoms with Crippen LogP contribution in [0.2, 0.25) is 0 Å². The van der Waals surface area contributed by atoms with Crippen LogP contribution in [0.5, 0.6) is 17.2 Å². The molecule has 0 aliphatic carbocycles. The van der Waals surface area contributed by atoms with Crippen molar-refractivity contribution in [1.29, 1.82) is 0 Å². The third-order valence-electron chi connectivity index (χ3n) is 6.82. The molecule has 2 aromatic carbocycles. The number of benzene rings is 2. The van der Waals surface area contributed by atoms with E-state index in [4.69, 9.17) is 18.9 Å². The van der Waals surface area contributed by atoms with E-state index >= 15 is 0 Å². The van der Waals surface area contributed by atoms with Gasteiger partial charge < -0.3 is 18.9 Å². The molecule has 3 aromatic rings. The summed E-state index contributed by atoms with van der Waals surface area (Å²) in [4.78, 5) is 44.4. The lowest BCUT2D eigenvalue weighted by molar-refractivity contribution is -0.140. The molecule has 0 unspecified atom stereocenters. The van der Waals surface area contributed by atoms with Crippen LogP contribution in [0.4, 0.5) is 0 Å². The predicted molar refractivity (Wildman–Crippen MR) is 170 cm³/mol. The molecule has 0 saturated carbocycles. The first-order chi connectivity index (χ1) is 21.1. The highest BCUT2D eigenvalue weighted by molar-refractivity contribution is 7.07. The van der Waals surface area contributed by atoms with Gasteiger partial charge in [-0.1, -0.05) is 63.1 Å². The van der Waals surface area contributed by atoms with Crippen LogP contribution in [0.25, 0.3) is 6.08 Å². The molecule has 4 rings (SSSR count). The second kappa shape index (κ2) is 15.0. The monoisotopic (exact) mass is 620 g/mol. The Morgan fingerprint density at radius 3 is 2.45 bits per heavy atom. The first kappa shape index (κ1) is 32.7. The molecule has 9 nitrogen and oxygen atoms in total.